The zero-order chi connectivity index (χ0) is 31.3. The number of hydrogen-bond donors (Lipinski definition) is 1. The number of anilines is 2. The van der Waals surface area contributed by atoms with E-state index in [1.165, 1.54) is 17.7 Å². The van der Waals surface area contributed by atoms with Gasteiger partial charge in [0.25, 0.3) is 0 Å². The number of amides is 3. The zero-order valence-corrected chi connectivity index (χ0v) is 24.9. The average molecular weight is 640 g/mol. The maximum Gasteiger partial charge on any atom is 0.416 e. The van der Waals surface area contributed by atoms with Crippen molar-refractivity contribution in [2.45, 2.75) is 35.8 Å². The van der Waals surface area contributed by atoms with Gasteiger partial charge in [-0.3, -0.25) is 23.7 Å². The second kappa shape index (κ2) is 11.3. The molecule has 2 aliphatic heterocycles. The van der Waals surface area contributed by atoms with Crippen LogP contribution < -0.4 is 19.8 Å². The second-order valence-electron chi connectivity index (χ2n) is 10.4. The van der Waals surface area contributed by atoms with Crippen LogP contribution in [0, 0.1) is 12.8 Å². The molecule has 3 aromatic carbocycles. The van der Waals surface area contributed by atoms with E-state index in [9.17, 15) is 32.3 Å². The molecule has 0 unspecified atom stereocenters. The summed E-state index contributed by atoms with van der Waals surface area (Å²) in [7, 11) is 1.50. The summed E-state index contributed by atoms with van der Waals surface area (Å²) in [6.45, 7) is 1.58. The number of fused-ring (bicyclic) bond motifs is 2. The normalized spacial score (nSPS) is 19.5. The summed E-state index contributed by atoms with van der Waals surface area (Å²) in [4.78, 5) is 55.0. The van der Waals surface area contributed by atoms with Gasteiger partial charge in [0.1, 0.15) is 17.5 Å². The van der Waals surface area contributed by atoms with Crippen molar-refractivity contribution in [3.05, 3.63) is 104 Å². The lowest BCUT2D eigenvalue weighted by molar-refractivity contribution is -0.137. The number of rotatable bonds is 6. The number of nitrogens with zero attached hydrogens (tertiary/aromatic N) is 2. The Morgan fingerprint density at radius 1 is 0.977 bits per heavy atom. The van der Waals surface area contributed by atoms with Crippen LogP contribution in [0.25, 0.3) is 0 Å². The molecule has 1 N–H and O–H groups in total. The Morgan fingerprint density at radius 3 is 2.34 bits per heavy atom. The SMILES string of the molecule is COc1ccc([C@@H]2c3sc(=O)n(CC(=O)Nc4ccc(C)cc4)c3S[C@H]3C(=O)N(c4cccc(C(F)(F)F)c4)C(=O)[C@@H]23)cc1. The van der Waals surface area contributed by atoms with Crippen molar-refractivity contribution < 1.29 is 32.3 Å². The number of alkyl halides is 3. The van der Waals surface area contributed by atoms with Crippen molar-refractivity contribution in [1.82, 2.24) is 4.57 Å². The monoisotopic (exact) mass is 639 g/mol. The fourth-order valence-electron chi connectivity index (χ4n) is 5.48. The number of ether oxygens (including phenoxy) is 1. The summed E-state index contributed by atoms with van der Waals surface area (Å²) >= 11 is 1.87. The summed E-state index contributed by atoms with van der Waals surface area (Å²) in [6.07, 6.45) is -4.67. The van der Waals surface area contributed by atoms with Crippen LogP contribution in [-0.2, 0) is 27.1 Å². The topological polar surface area (TPSA) is 97.7 Å². The lowest BCUT2D eigenvalue weighted by Gasteiger charge is -2.30. The Morgan fingerprint density at radius 2 is 1.68 bits per heavy atom. The molecular weight excluding hydrogens is 615 g/mol. The number of thiazole rings is 1. The third-order valence-corrected chi connectivity index (χ3v) is 10.2. The lowest BCUT2D eigenvalue weighted by Crippen LogP contribution is -2.33. The molecule has 1 aromatic heterocycles. The molecule has 2 aliphatic rings. The Labute approximate surface area is 257 Å². The highest BCUT2D eigenvalue weighted by molar-refractivity contribution is 8.00. The van der Waals surface area contributed by atoms with Gasteiger partial charge in [-0.15, -0.1) is 0 Å². The predicted molar refractivity (Wildman–Crippen MR) is 160 cm³/mol. The van der Waals surface area contributed by atoms with Crippen molar-refractivity contribution in [3.8, 4) is 5.75 Å². The molecule has 4 aromatic rings. The van der Waals surface area contributed by atoms with Crippen molar-refractivity contribution in [2.24, 2.45) is 5.92 Å². The maximum atomic E-state index is 14.0. The Hall–Kier alpha value is -4.36. The minimum Gasteiger partial charge on any atom is -0.497 e. The van der Waals surface area contributed by atoms with E-state index >= 15 is 0 Å². The summed E-state index contributed by atoms with van der Waals surface area (Å²) in [5.74, 6) is -3.04. The van der Waals surface area contributed by atoms with E-state index < -0.39 is 51.4 Å². The van der Waals surface area contributed by atoms with Crippen LogP contribution in [0.2, 0.25) is 0 Å². The van der Waals surface area contributed by atoms with Gasteiger partial charge in [-0.2, -0.15) is 13.2 Å². The third kappa shape index (κ3) is 5.30. The average Bonchev–Trinajstić information content (AvgIpc) is 3.44. The first-order chi connectivity index (χ1) is 21.0. The van der Waals surface area contributed by atoms with E-state index in [0.29, 0.717) is 26.9 Å². The number of methoxy groups -OCH3 is 1. The van der Waals surface area contributed by atoms with E-state index in [1.807, 2.05) is 19.1 Å². The number of carbonyl (C=O) groups is 3. The zero-order valence-electron chi connectivity index (χ0n) is 23.3. The van der Waals surface area contributed by atoms with Crippen LogP contribution in [-0.4, -0.2) is 34.6 Å². The summed E-state index contributed by atoms with van der Waals surface area (Å²) in [6, 6.07) is 18.1. The molecule has 1 fully saturated rings. The molecule has 13 heteroatoms. The highest BCUT2D eigenvalue weighted by Crippen LogP contribution is 2.54. The maximum absolute atomic E-state index is 14.0. The molecule has 44 heavy (non-hydrogen) atoms. The Kier molecular flexibility index (Phi) is 7.62. The number of benzene rings is 3. The number of aromatic nitrogens is 1. The first-order valence-corrected chi connectivity index (χ1v) is 15.1. The number of carbonyl (C=O) groups excluding carboxylic acids is 3. The molecular formula is C31H24F3N3O5S2. The molecule has 6 rings (SSSR count). The lowest BCUT2D eigenvalue weighted by atomic mass is 9.83. The van der Waals surface area contributed by atoms with Gasteiger partial charge < -0.3 is 10.1 Å². The first-order valence-electron chi connectivity index (χ1n) is 13.4. The van der Waals surface area contributed by atoms with Crippen LogP contribution in [0.1, 0.15) is 27.5 Å². The van der Waals surface area contributed by atoms with Gasteiger partial charge in [0.2, 0.25) is 17.7 Å². The summed E-state index contributed by atoms with van der Waals surface area (Å²) in [5.41, 5.74) is 1.01. The predicted octanol–water partition coefficient (Wildman–Crippen LogP) is 5.68. The quantitative estimate of drug-likeness (QED) is 0.273. The van der Waals surface area contributed by atoms with E-state index in [1.54, 1.807) is 36.4 Å². The summed E-state index contributed by atoms with van der Waals surface area (Å²) < 4.78 is 47.1. The highest BCUT2D eigenvalue weighted by Gasteiger charge is 2.57. The molecule has 3 heterocycles. The van der Waals surface area contributed by atoms with Crippen molar-refractivity contribution in [2.75, 3.05) is 17.3 Å². The Bertz CT molecular complexity index is 1830. The molecule has 226 valence electrons. The van der Waals surface area contributed by atoms with Gasteiger partial charge in [-0.05, 0) is 55.0 Å². The molecule has 0 bridgehead atoms. The van der Waals surface area contributed by atoms with E-state index in [2.05, 4.69) is 5.32 Å². The molecule has 3 amide bonds. The second-order valence-corrected chi connectivity index (χ2v) is 12.5. The largest absolute Gasteiger partial charge is 0.497 e. The number of thioether (sulfide) groups is 1. The fourth-order valence-corrected chi connectivity index (χ4v) is 8.26. The molecule has 8 nitrogen and oxygen atoms in total. The minimum absolute atomic E-state index is 0.184. The molecule has 0 saturated carbocycles. The molecule has 0 radical (unpaired) electrons. The van der Waals surface area contributed by atoms with Crippen LogP contribution in [0.15, 0.2) is 82.6 Å². The minimum atomic E-state index is -4.67. The number of halogens is 3. The van der Waals surface area contributed by atoms with E-state index in [0.717, 1.165) is 51.8 Å². The van der Waals surface area contributed by atoms with Gasteiger partial charge >= 0.3 is 11.0 Å². The van der Waals surface area contributed by atoms with Crippen LogP contribution >= 0.6 is 23.1 Å². The summed E-state index contributed by atoms with van der Waals surface area (Å²) in [5, 5.41) is 2.09. The van der Waals surface area contributed by atoms with Crippen molar-refractivity contribution in [1.29, 1.82) is 0 Å². The van der Waals surface area contributed by atoms with Crippen LogP contribution in [0.3, 0.4) is 0 Å². The van der Waals surface area contributed by atoms with Crippen molar-refractivity contribution in [3.63, 3.8) is 0 Å². The number of hydrogen-bond acceptors (Lipinski definition) is 7. The highest BCUT2D eigenvalue weighted by atomic mass is 32.2. The first kappa shape index (κ1) is 29.7. The van der Waals surface area contributed by atoms with Gasteiger partial charge in [-0.1, -0.05) is 59.0 Å². The Balaban J connectivity index is 1.41. The number of imide groups is 1. The fraction of sp³-hybridized carbons (Fsp3) is 0.226. The van der Waals surface area contributed by atoms with Crippen molar-refractivity contribution >= 4 is 52.2 Å². The van der Waals surface area contributed by atoms with Gasteiger partial charge in [0.15, 0.2) is 0 Å². The van der Waals surface area contributed by atoms with Gasteiger partial charge in [0, 0.05) is 16.5 Å². The number of aryl methyl sites for hydroxylation is 1. The van der Waals surface area contributed by atoms with Crippen LogP contribution in [0.4, 0.5) is 24.5 Å². The molecule has 0 aliphatic carbocycles. The molecule has 0 spiro atoms. The molecule has 3 atom stereocenters. The number of nitrogens with one attached hydrogen (secondary N) is 1. The standard InChI is InChI=1S/C31H24F3N3O5S2/c1-16-6-10-19(11-7-16)35-22(38)15-36-29-26(44-30(36)41)23(17-8-12-21(42-2)13-9-17)24-25(43-29)28(40)37(27(24)39)20-5-3-4-18(14-20)31(32,33)34/h3-14,23-25H,15H2,1-2H3,(H,35,38)/t23-,24-,25+/m0/s1. The van der Waals surface area contributed by atoms with E-state index in [-0.39, 0.29) is 12.2 Å². The van der Waals surface area contributed by atoms with Crippen LogP contribution in [0.5, 0.6) is 5.75 Å². The van der Waals surface area contributed by atoms with Gasteiger partial charge in [-0.25, -0.2) is 4.90 Å². The molecule has 1 saturated heterocycles. The van der Waals surface area contributed by atoms with E-state index in [4.69, 9.17) is 4.74 Å². The third-order valence-electron chi connectivity index (χ3n) is 7.59. The smallest absolute Gasteiger partial charge is 0.416 e. The van der Waals surface area contributed by atoms with Gasteiger partial charge in [0.05, 0.1) is 29.3 Å².